The fourth-order valence-electron chi connectivity index (χ4n) is 2.24. The Hall–Kier alpha value is -0.900. The summed E-state index contributed by atoms with van der Waals surface area (Å²) in [5.74, 6) is -1.03. The number of Topliss-reactive ketones (excluding diaryl/α,β-unsaturated/α-hetero) is 1. The fraction of sp³-hybridized carbons (Fsp3) is 0.818. The number of hydrogen-bond acceptors (Lipinski definition) is 4. The summed E-state index contributed by atoms with van der Waals surface area (Å²) in [7, 11) is 2.78. The first kappa shape index (κ1) is 12.2. The Morgan fingerprint density at radius 3 is 2.33 bits per heavy atom. The second-order valence-electron chi connectivity index (χ2n) is 3.94. The highest BCUT2D eigenvalue weighted by Gasteiger charge is 2.36. The van der Waals surface area contributed by atoms with Gasteiger partial charge in [0.2, 0.25) is 0 Å². The van der Waals surface area contributed by atoms with Gasteiger partial charge >= 0.3 is 5.97 Å². The highest BCUT2D eigenvalue weighted by Crippen LogP contribution is 2.32. The van der Waals surface area contributed by atoms with Crippen LogP contribution in [0.5, 0.6) is 0 Å². The average molecular weight is 214 g/mol. The largest absolute Gasteiger partial charge is 0.468 e. The van der Waals surface area contributed by atoms with E-state index in [1.807, 2.05) is 0 Å². The zero-order valence-electron chi connectivity index (χ0n) is 9.32. The van der Waals surface area contributed by atoms with E-state index in [-0.39, 0.29) is 18.3 Å². The molecule has 0 radical (unpaired) electrons. The van der Waals surface area contributed by atoms with Crippen LogP contribution in [0.25, 0.3) is 0 Å². The maximum Gasteiger partial charge on any atom is 0.316 e. The third kappa shape index (κ3) is 3.02. The van der Waals surface area contributed by atoms with Crippen LogP contribution in [0.2, 0.25) is 0 Å². The maximum absolute atomic E-state index is 11.7. The smallest absolute Gasteiger partial charge is 0.316 e. The molecule has 0 bridgehead atoms. The van der Waals surface area contributed by atoms with Gasteiger partial charge in [-0.3, -0.25) is 9.59 Å². The van der Waals surface area contributed by atoms with E-state index in [1.54, 1.807) is 0 Å². The van der Waals surface area contributed by atoms with E-state index in [4.69, 9.17) is 4.74 Å². The molecule has 1 aliphatic rings. The topological polar surface area (TPSA) is 52.6 Å². The molecule has 4 heteroatoms. The number of rotatable bonds is 5. The van der Waals surface area contributed by atoms with Gasteiger partial charge in [-0.15, -0.1) is 0 Å². The van der Waals surface area contributed by atoms with Gasteiger partial charge in [0.05, 0.1) is 7.11 Å². The van der Waals surface area contributed by atoms with Gasteiger partial charge < -0.3 is 9.47 Å². The highest BCUT2D eigenvalue weighted by molar-refractivity contribution is 6.00. The zero-order valence-corrected chi connectivity index (χ0v) is 9.32. The number of hydrogen-bond donors (Lipinski definition) is 0. The minimum atomic E-state index is -0.613. The average Bonchev–Trinajstić information content (AvgIpc) is 2.71. The van der Waals surface area contributed by atoms with E-state index >= 15 is 0 Å². The maximum atomic E-state index is 11.7. The predicted molar refractivity (Wildman–Crippen MR) is 54.3 cm³/mol. The third-order valence-electron chi connectivity index (χ3n) is 2.96. The van der Waals surface area contributed by atoms with Gasteiger partial charge in [-0.25, -0.2) is 0 Å². The molecule has 0 aromatic rings. The molecule has 0 aromatic heterocycles. The number of ether oxygens (including phenoxy) is 2. The molecule has 1 saturated carbocycles. The molecule has 0 aliphatic heterocycles. The molecule has 0 spiro atoms. The van der Waals surface area contributed by atoms with Gasteiger partial charge in [0.25, 0.3) is 0 Å². The third-order valence-corrected chi connectivity index (χ3v) is 2.96. The second-order valence-corrected chi connectivity index (χ2v) is 3.94. The standard InChI is InChI=1S/C11H18O4/c1-14-7-9(12)10(11(13)15-2)8-5-3-4-6-8/h8,10H,3-7H2,1-2H3. The Morgan fingerprint density at radius 2 is 1.87 bits per heavy atom. The van der Waals surface area contributed by atoms with E-state index in [0.29, 0.717) is 0 Å². The predicted octanol–water partition coefficient (Wildman–Crippen LogP) is 1.18. The molecular weight excluding hydrogens is 196 g/mol. The van der Waals surface area contributed by atoms with Gasteiger partial charge in [-0.05, 0) is 18.8 Å². The van der Waals surface area contributed by atoms with Crippen molar-refractivity contribution < 1.29 is 19.1 Å². The molecule has 1 unspecified atom stereocenters. The monoisotopic (exact) mass is 214 g/mol. The summed E-state index contributed by atoms with van der Waals surface area (Å²) in [6.45, 7) is -0.00370. The molecule has 86 valence electrons. The van der Waals surface area contributed by atoms with Crippen molar-refractivity contribution in [2.24, 2.45) is 11.8 Å². The first-order valence-corrected chi connectivity index (χ1v) is 5.30. The van der Waals surface area contributed by atoms with Gasteiger partial charge in [0.1, 0.15) is 12.5 Å². The van der Waals surface area contributed by atoms with E-state index in [0.717, 1.165) is 25.7 Å². The molecule has 1 rings (SSSR count). The first-order valence-electron chi connectivity index (χ1n) is 5.30. The van der Waals surface area contributed by atoms with Crippen LogP contribution in [0, 0.1) is 11.8 Å². The van der Waals surface area contributed by atoms with Crippen molar-refractivity contribution >= 4 is 11.8 Å². The summed E-state index contributed by atoms with van der Waals surface area (Å²) in [6, 6.07) is 0. The Kier molecular flexibility index (Phi) is 4.75. The molecule has 15 heavy (non-hydrogen) atoms. The summed E-state index contributed by atoms with van der Waals surface area (Å²) < 4.78 is 9.46. The van der Waals surface area contributed by atoms with E-state index in [9.17, 15) is 9.59 Å². The molecule has 0 saturated heterocycles. The molecule has 1 fully saturated rings. The molecule has 0 amide bonds. The lowest BCUT2D eigenvalue weighted by Gasteiger charge is -2.19. The van der Waals surface area contributed by atoms with E-state index < -0.39 is 11.9 Å². The zero-order chi connectivity index (χ0) is 11.3. The molecule has 0 heterocycles. The molecule has 0 N–H and O–H groups in total. The summed E-state index contributed by atoms with van der Waals surface area (Å²) in [5, 5.41) is 0. The molecule has 1 aliphatic carbocycles. The van der Waals surface area contributed by atoms with Crippen LogP contribution >= 0.6 is 0 Å². The lowest BCUT2D eigenvalue weighted by Crippen LogP contribution is -2.33. The van der Waals surface area contributed by atoms with Gasteiger partial charge in [-0.2, -0.15) is 0 Å². The number of ketones is 1. The Morgan fingerprint density at radius 1 is 1.27 bits per heavy atom. The van der Waals surface area contributed by atoms with Gasteiger partial charge in [-0.1, -0.05) is 12.8 Å². The van der Waals surface area contributed by atoms with E-state index in [1.165, 1.54) is 14.2 Å². The Labute approximate surface area is 89.9 Å². The van der Waals surface area contributed by atoms with Crippen LogP contribution in [-0.2, 0) is 19.1 Å². The molecule has 4 nitrogen and oxygen atoms in total. The SMILES string of the molecule is COCC(=O)C(C(=O)OC)C1CCCC1. The summed E-state index contributed by atoms with van der Waals surface area (Å²) >= 11 is 0. The lowest BCUT2D eigenvalue weighted by atomic mass is 9.87. The fourth-order valence-corrected chi connectivity index (χ4v) is 2.24. The van der Waals surface area contributed by atoms with Crippen LogP contribution in [0.3, 0.4) is 0 Å². The van der Waals surface area contributed by atoms with Gasteiger partial charge in [0.15, 0.2) is 5.78 Å². The van der Waals surface area contributed by atoms with Crippen molar-refractivity contribution in [3.8, 4) is 0 Å². The van der Waals surface area contributed by atoms with Crippen molar-refractivity contribution in [1.82, 2.24) is 0 Å². The summed E-state index contributed by atoms with van der Waals surface area (Å²) in [4.78, 5) is 23.2. The van der Waals surface area contributed by atoms with Crippen LogP contribution in [0.15, 0.2) is 0 Å². The van der Waals surface area contributed by atoms with Crippen molar-refractivity contribution in [3.05, 3.63) is 0 Å². The summed E-state index contributed by atoms with van der Waals surface area (Å²) in [6.07, 6.45) is 4.07. The van der Waals surface area contributed by atoms with Crippen LogP contribution in [0.1, 0.15) is 25.7 Å². The second kappa shape index (κ2) is 5.85. The Balaban J connectivity index is 2.67. The molecule has 1 atom stereocenters. The first-order chi connectivity index (χ1) is 7.20. The van der Waals surface area contributed by atoms with E-state index in [2.05, 4.69) is 4.74 Å². The molecular formula is C11H18O4. The number of carbonyl (C=O) groups excluding carboxylic acids is 2. The normalized spacial score (nSPS) is 18.8. The number of methoxy groups -OCH3 is 2. The van der Waals surface area contributed by atoms with Gasteiger partial charge in [0, 0.05) is 7.11 Å². The van der Waals surface area contributed by atoms with Crippen LogP contribution < -0.4 is 0 Å². The minimum Gasteiger partial charge on any atom is -0.468 e. The lowest BCUT2D eigenvalue weighted by molar-refractivity contribution is -0.152. The highest BCUT2D eigenvalue weighted by atomic mass is 16.5. The van der Waals surface area contributed by atoms with Crippen molar-refractivity contribution in [2.75, 3.05) is 20.8 Å². The van der Waals surface area contributed by atoms with Crippen molar-refractivity contribution in [3.63, 3.8) is 0 Å². The van der Waals surface area contributed by atoms with Crippen molar-refractivity contribution in [2.45, 2.75) is 25.7 Å². The number of carbonyl (C=O) groups is 2. The van der Waals surface area contributed by atoms with Crippen LogP contribution in [0.4, 0.5) is 0 Å². The molecule has 0 aromatic carbocycles. The van der Waals surface area contributed by atoms with Crippen LogP contribution in [-0.4, -0.2) is 32.6 Å². The number of esters is 1. The Bertz CT molecular complexity index is 231. The summed E-state index contributed by atoms with van der Waals surface area (Å²) in [5.41, 5.74) is 0. The van der Waals surface area contributed by atoms with Crippen molar-refractivity contribution in [1.29, 1.82) is 0 Å². The quantitative estimate of drug-likeness (QED) is 0.509. The minimum absolute atomic E-state index is 0.00370.